The summed E-state index contributed by atoms with van der Waals surface area (Å²) >= 11 is 0. The topological polar surface area (TPSA) is 87.7 Å². The largest absolute Gasteiger partial charge is 0.495 e. The van der Waals surface area contributed by atoms with Gasteiger partial charge in [0, 0.05) is 30.3 Å². The Balaban J connectivity index is 1.44. The maximum absolute atomic E-state index is 12.8. The van der Waals surface area contributed by atoms with E-state index in [1.807, 2.05) is 25.1 Å². The van der Waals surface area contributed by atoms with Crippen molar-refractivity contribution in [1.29, 1.82) is 0 Å². The lowest BCUT2D eigenvalue weighted by molar-refractivity contribution is -0.122. The molecule has 0 bridgehead atoms. The molecule has 2 fully saturated rings. The Labute approximate surface area is 175 Å². The van der Waals surface area contributed by atoms with Gasteiger partial charge in [-0.15, -0.1) is 0 Å². The number of hydrogen-bond acceptors (Lipinski definition) is 4. The summed E-state index contributed by atoms with van der Waals surface area (Å²) in [5.74, 6) is -0.368. The van der Waals surface area contributed by atoms with Gasteiger partial charge >= 0.3 is 0 Å². The molecule has 0 aromatic heterocycles. The van der Waals surface area contributed by atoms with E-state index in [1.54, 1.807) is 36.3 Å². The molecular formula is C23H25N3O4. The number of anilines is 2. The van der Waals surface area contributed by atoms with E-state index in [0.717, 1.165) is 18.4 Å². The quantitative estimate of drug-likeness (QED) is 0.771. The van der Waals surface area contributed by atoms with Crippen LogP contribution in [0.3, 0.4) is 0 Å². The zero-order chi connectivity index (χ0) is 21.3. The van der Waals surface area contributed by atoms with Gasteiger partial charge in [0.25, 0.3) is 5.91 Å². The predicted molar refractivity (Wildman–Crippen MR) is 114 cm³/mol. The van der Waals surface area contributed by atoms with Crippen LogP contribution in [0.5, 0.6) is 5.75 Å². The molecule has 1 saturated heterocycles. The molecule has 1 heterocycles. The van der Waals surface area contributed by atoms with Gasteiger partial charge in [-0.3, -0.25) is 14.4 Å². The summed E-state index contributed by atoms with van der Waals surface area (Å²) in [5, 5.41) is 5.79. The number of carbonyl (C=O) groups excluding carboxylic acids is 3. The lowest BCUT2D eigenvalue weighted by Crippen LogP contribution is -2.28. The van der Waals surface area contributed by atoms with Crippen LogP contribution in [0, 0.1) is 12.8 Å². The van der Waals surface area contributed by atoms with Crippen LogP contribution in [0.25, 0.3) is 0 Å². The van der Waals surface area contributed by atoms with Gasteiger partial charge in [-0.1, -0.05) is 12.1 Å². The monoisotopic (exact) mass is 407 g/mol. The van der Waals surface area contributed by atoms with E-state index in [1.165, 1.54) is 0 Å². The van der Waals surface area contributed by atoms with E-state index in [-0.39, 0.29) is 36.7 Å². The van der Waals surface area contributed by atoms with Crippen molar-refractivity contribution in [2.75, 3.05) is 23.9 Å². The van der Waals surface area contributed by atoms with Crippen molar-refractivity contribution in [3.8, 4) is 5.75 Å². The average molecular weight is 407 g/mol. The number of hydrogen-bond donors (Lipinski definition) is 2. The van der Waals surface area contributed by atoms with Crippen molar-refractivity contribution in [1.82, 2.24) is 5.32 Å². The molecule has 1 aliphatic heterocycles. The Kier molecular flexibility index (Phi) is 5.44. The van der Waals surface area contributed by atoms with E-state index in [4.69, 9.17) is 4.74 Å². The van der Waals surface area contributed by atoms with E-state index in [9.17, 15) is 14.4 Å². The molecule has 1 atom stereocenters. The van der Waals surface area contributed by atoms with Gasteiger partial charge in [-0.05, 0) is 55.7 Å². The molecule has 2 N–H and O–H groups in total. The Bertz CT molecular complexity index is 1000. The van der Waals surface area contributed by atoms with E-state index >= 15 is 0 Å². The highest BCUT2D eigenvalue weighted by Crippen LogP contribution is 2.34. The first-order valence-corrected chi connectivity index (χ1v) is 10.1. The van der Waals surface area contributed by atoms with Crippen molar-refractivity contribution in [2.45, 2.75) is 32.2 Å². The van der Waals surface area contributed by atoms with Crippen molar-refractivity contribution >= 4 is 29.1 Å². The SMILES string of the molecule is COc1ccc(C)cc1N1C[C@H](C(=O)Nc2cccc(C(=O)NC3CC3)c2)CC1=O. The minimum Gasteiger partial charge on any atom is -0.495 e. The number of rotatable bonds is 6. The van der Waals surface area contributed by atoms with Crippen LogP contribution in [-0.4, -0.2) is 37.4 Å². The summed E-state index contributed by atoms with van der Waals surface area (Å²) in [4.78, 5) is 39.3. The zero-order valence-corrected chi connectivity index (χ0v) is 17.1. The van der Waals surface area contributed by atoms with Gasteiger partial charge in [-0.2, -0.15) is 0 Å². The summed E-state index contributed by atoms with van der Waals surface area (Å²) in [6, 6.07) is 12.8. The molecular weight excluding hydrogens is 382 g/mol. The Morgan fingerprint density at radius 3 is 2.67 bits per heavy atom. The van der Waals surface area contributed by atoms with Gasteiger partial charge in [0.05, 0.1) is 18.7 Å². The molecule has 1 aliphatic carbocycles. The number of benzene rings is 2. The molecule has 156 valence electrons. The standard InChI is InChI=1S/C23H25N3O4/c1-14-6-9-20(30-2)19(10-14)26-13-16(12-21(26)27)23(29)25-18-5-3-4-15(11-18)22(28)24-17-7-8-17/h3-6,9-11,16-17H,7-8,12-13H2,1-2H3,(H,24,28)(H,25,29)/t16-/m1/s1. The Morgan fingerprint density at radius 1 is 1.13 bits per heavy atom. The van der Waals surface area contributed by atoms with Crippen LogP contribution in [0.15, 0.2) is 42.5 Å². The molecule has 0 radical (unpaired) electrons. The lowest BCUT2D eigenvalue weighted by Gasteiger charge is -2.20. The third-order valence-electron chi connectivity index (χ3n) is 5.43. The van der Waals surface area contributed by atoms with Gasteiger partial charge in [0.1, 0.15) is 5.75 Å². The zero-order valence-electron chi connectivity index (χ0n) is 17.1. The van der Waals surface area contributed by atoms with E-state index < -0.39 is 5.92 Å². The van der Waals surface area contributed by atoms with Crippen LogP contribution in [-0.2, 0) is 9.59 Å². The highest BCUT2D eigenvalue weighted by molar-refractivity contribution is 6.04. The van der Waals surface area contributed by atoms with E-state index in [2.05, 4.69) is 10.6 Å². The average Bonchev–Trinajstić information content (AvgIpc) is 3.46. The van der Waals surface area contributed by atoms with Gasteiger partial charge in [0.2, 0.25) is 11.8 Å². The minimum absolute atomic E-state index is 0.114. The van der Waals surface area contributed by atoms with Gasteiger partial charge in [-0.25, -0.2) is 0 Å². The Hall–Kier alpha value is -3.35. The summed E-state index contributed by atoms with van der Waals surface area (Å²) in [6.45, 7) is 2.23. The predicted octanol–water partition coefficient (Wildman–Crippen LogP) is 2.89. The fourth-order valence-corrected chi connectivity index (χ4v) is 3.61. The van der Waals surface area contributed by atoms with E-state index in [0.29, 0.717) is 22.7 Å². The summed E-state index contributed by atoms with van der Waals surface area (Å²) in [6.07, 6.45) is 2.16. The van der Waals surface area contributed by atoms with Gasteiger partial charge < -0.3 is 20.3 Å². The number of methoxy groups -OCH3 is 1. The van der Waals surface area contributed by atoms with Gasteiger partial charge in [0.15, 0.2) is 0 Å². The molecule has 30 heavy (non-hydrogen) atoms. The van der Waals surface area contributed by atoms with Crippen LogP contribution < -0.4 is 20.3 Å². The molecule has 2 aromatic rings. The molecule has 0 spiro atoms. The highest BCUT2D eigenvalue weighted by atomic mass is 16.5. The molecule has 7 heteroatoms. The second-order valence-electron chi connectivity index (χ2n) is 7.90. The van der Waals surface area contributed by atoms with Crippen LogP contribution in [0.2, 0.25) is 0 Å². The number of nitrogens with one attached hydrogen (secondary N) is 2. The third kappa shape index (κ3) is 4.30. The second kappa shape index (κ2) is 8.18. The first-order chi connectivity index (χ1) is 14.4. The lowest BCUT2D eigenvalue weighted by atomic mass is 10.1. The first kappa shape index (κ1) is 19.9. The molecule has 2 aliphatic rings. The molecule has 4 rings (SSSR count). The second-order valence-corrected chi connectivity index (χ2v) is 7.90. The highest BCUT2D eigenvalue weighted by Gasteiger charge is 2.36. The number of aryl methyl sites for hydroxylation is 1. The smallest absolute Gasteiger partial charge is 0.251 e. The summed E-state index contributed by atoms with van der Waals surface area (Å²) in [5.41, 5.74) is 2.74. The Morgan fingerprint density at radius 2 is 1.93 bits per heavy atom. The van der Waals surface area contributed by atoms with Crippen LogP contribution in [0.1, 0.15) is 35.2 Å². The third-order valence-corrected chi connectivity index (χ3v) is 5.43. The van der Waals surface area contributed by atoms with Crippen molar-refractivity contribution < 1.29 is 19.1 Å². The molecule has 3 amide bonds. The fourth-order valence-electron chi connectivity index (χ4n) is 3.61. The fraction of sp³-hybridized carbons (Fsp3) is 0.348. The first-order valence-electron chi connectivity index (χ1n) is 10.1. The number of carbonyl (C=O) groups is 3. The van der Waals surface area contributed by atoms with Crippen molar-refractivity contribution in [2.24, 2.45) is 5.92 Å². The van der Waals surface area contributed by atoms with Crippen molar-refractivity contribution in [3.05, 3.63) is 53.6 Å². The van der Waals surface area contributed by atoms with Crippen molar-refractivity contribution in [3.63, 3.8) is 0 Å². The number of ether oxygens (including phenoxy) is 1. The maximum atomic E-state index is 12.8. The normalized spacial score (nSPS) is 18.3. The molecule has 2 aromatic carbocycles. The number of nitrogens with zero attached hydrogens (tertiary/aromatic N) is 1. The molecule has 0 unspecified atom stereocenters. The van der Waals surface area contributed by atoms with Crippen LogP contribution >= 0.6 is 0 Å². The van der Waals surface area contributed by atoms with Crippen LogP contribution in [0.4, 0.5) is 11.4 Å². The molecule has 1 saturated carbocycles. The minimum atomic E-state index is -0.480. The maximum Gasteiger partial charge on any atom is 0.251 e. The number of amides is 3. The molecule has 7 nitrogen and oxygen atoms in total. The summed E-state index contributed by atoms with van der Waals surface area (Å²) < 4.78 is 5.39. The summed E-state index contributed by atoms with van der Waals surface area (Å²) in [7, 11) is 1.56.